The number of ether oxygens (including phenoxy) is 2. The molecule has 0 aliphatic carbocycles. The molecule has 2 N–H and O–H groups in total. The highest BCUT2D eigenvalue weighted by molar-refractivity contribution is 6.39. The van der Waals surface area contributed by atoms with Gasteiger partial charge in [-0.2, -0.15) is 5.10 Å². The monoisotopic (exact) mass is 462 g/mol. The van der Waals surface area contributed by atoms with Crippen LogP contribution in [-0.2, 0) is 9.59 Å². The molecule has 3 aromatic carbocycles. The average Bonchev–Trinajstić information content (AvgIpc) is 2.85. The van der Waals surface area contributed by atoms with Crippen LogP contribution in [0.4, 0.5) is 11.4 Å². The summed E-state index contributed by atoms with van der Waals surface area (Å²) >= 11 is 0. The molecule has 0 bridgehead atoms. The summed E-state index contributed by atoms with van der Waals surface area (Å²) in [5.74, 6) is -1.93. The van der Waals surface area contributed by atoms with Gasteiger partial charge in [0.25, 0.3) is 5.69 Å². The molecule has 0 saturated carbocycles. The normalized spacial score (nSPS) is 10.4. The number of anilines is 1. The van der Waals surface area contributed by atoms with E-state index in [4.69, 9.17) is 9.47 Å². The van der Waals surface area contributed by atoms with Crippen LogP contribution in [0.25, 0.3) is 0 Å². The predicted octanol–water partition coefficient (Wildman–Crippen LogP) is 2.91. The van der Waals surface area contributed by atoms with Crippen molar-refractivity contribution in [3.63, 3.8) is 0 Å². The van der Waals surface area contributed by atoms with Gasteiger partial charge in [-0.15, -0.1) is 0 Å². The van der Waals surface area contributed by atoms with Crippen LogP contribution in [0, 0.1) is 10.1 Å². The van der Waals surface area contributed by atoms with E-state index in [1.54, 1.807) is 36.4 Å². The number of para-hydroxylation sites is 2. The van der Waals surface area contributed by atoms with E-state index in [0.29, 0.717) is 17.0 Å². The highest BCUT2D eigenvalue weighted by atomic mass is 16.6. The number of carbonyl (C=O) groups is 3. The largest absolute Gasteiger partial charge is 0.495 e. The molecule has 11 heteroatoms. The van der Waals surface area contributed by atoms with Crippen molar-refractivity contribution < 1.29 is 28.8 Å². The molecule has 0 spiro atoms. The smallest absolute Gasteiger partial charge is 0.343 e. The lowest BCUT2D eigenvalue weighted by atomic mass is 10.2. The van der Waals surface area contributed by atoms with Gasteiger partial charge in [-0.05, 0) is 54.1 Å². The van der Waals surface area contributed by atoms with Gasteiger partial charge in [0.1, 0.15) is 11.5 Å². The summed E-state index contributed by atoms with van der Waals surface area (Å²) in [6.07, 6.45) is 1.30. The average molecular weight is 462 g/mol. The van der Waals surface area contributed by atoms with Gasteiger partial charge >= 0.3 is 17.8 Å². The number of amides is 2. The predicted molar refractivity (Wildman–Crippen MR) is 122 cm³/mol. The fraction of sp³-hybridized carbons (Fsp3) is 0.0435. The topological polar surface area (TPSA) is 149 Å². The van der Waals surface area contributed by atoms with Crippen molar-refractivity contribution in [3.05, 3.63) is 94.0 Å². The van der Waals surface area contributed by atoms with Crippen LogP contribution in [0.2, 0.25) is 0 Å². The number of nitrogens with one attached hydrogen (secondary N) is 2. The molecular formula is C23H18N4O7. The standard InChI is InChI=1S/C23H18N4O7/c1-33-20-5-3-2-4-19(20)25-21(28)22(29)26-24-14-15-6-12-18(13-7-15)34-23(30)16-8-10-17(11-9-16)27(31)32/h2-14H,1H3,(H,25,28)(H,26,29)/b24-14+. The summed E-state index contributed by atoms with van der Waals surface area (Å²) in [6.45, 7) is 0. The summed E-state index contributed by atoms with van der Waals surface area (Å²) in [5.41, 5.74) is 3.03. The van der Waals surface area contributed by atoms with Gasteiger partial charge < -0.3 is 14.8 Å². The van der Waals surface area contributed by atoms with Crippen molar-refractivity contribution in [1.82, 2.24) is 5.43 Å². The molecule has 0 aliphatic rings. The first kappa shape index (κ1) is 23.6. The van der Waals surface area contributed by atoms with E-state index in [1.165, 1.54) is 49.7 Å². The number of non-ortho nitro benzene ring substituents is 1. The molecule has 34 heavy (non-hydrogen) atoms. The number of nitro groups is 1. The zero-order valence-corrected chi connectivity index (χ0v) is 17.8. The number of nitrogens with zero attached hydrogens (tertiary/aromatic N) is 2. The Hall–Kier alpha value is -5.06. The van der Waals surface area contributed by atoms with E-state index in [0.717, 1.165) is 0 Å². The zero-order valence-electron chi connectivity index (χ0n) is 17.8. The quantitative estimate of drug-likeness (QED) is 0.137. The molecule has 3 aromatic rings. The lowest BCUT2D eigenvalue weighted by Crippen LogP contribution is -2.32. The number of esters is 1. The Kier molecular flexibility index (Phi) is 7.63. The van der Waals surface area contributed by atoms with Crippen molar-refractivity contribution in [1.29, 1.82) is 0 Å². The van der Waals surface area contributed by atoms with Crippen LogP contribution in [0.1, 0.15) is 15.9 Å². The molecule has 172 valence electrons. The van der Waals surface area contributed by atoms with Gasteiger partial charge in [0.15, 0.2) is 0 Å². The lowest BCUT2D eigenvalue weighted by Gasteiger charge is -2.08. The summed E-state index contributed by atoms with van der Waals surface area (Å²) < 4.78 is 10.3. The van der Waals surface area contributed by atoms with Crippen molar-refractivity contribution >= 4 is 35.4 Å². The van der Waals surface area contributed by atoms with Crippen molar-refractivity contribution in [3.8, 4) is 11.5 Å². The third-order valence-corrected chi connectivity index (χ3v) is 4.35. The molecule has 0 radical (unpaired) electrons. The molecule has 0 heterocycles. The third kappa shape index (κ3) is 6.23. The van der Waals surface area contributed by atoms with Crippen molar-refractivity contribution in [2.75, 3.05) is 12.4 Å². The SMILES string of the molecule is COc1ccccc1NC(=O)C(=O)N/N=C/c1ccc(OC(=O)c2ccc([N+](=O)[O-])cc2)cc1. The molecule has 0 aliphatic heterocycles. The Balaban J connectivity index is 1.52. The highest BCUT2D eigenvalue weighted by Crippen LogP contribution is 2.22. The van der Waals surface area contributed by atoms with E-state index in [2.05, 4.69) is 15.8 Å². The minimum Gasteiger partial charge on any atom is -0.495 e. The molecular weight excluding hydrogens is 444 g/mol. The van der Waals surface area contributed by atoms with E-state index in [-0.39, 0.29) is 17.0 Å². The molecule has 0 aromatic heterocycles. The molecule has 0 saturated heterocycles. The van der Waals surface area contributed by atoms with E-state index in [1.807, 2.05) is 0 Å². The summed E-state index contributed by atoms with van der Waals surface area (Å²) in [5, 5.41) is 16.8. The van der Waals surface area contributed by atoms with E-state index in [9.17, 15) is 24.5 Å². The van der Waals surface area contributed by atoms with Gasteiger partial charge in [0.05, 0.1) is 29.5 Å². The van der Waals surface area contributed by atoms with Crippen molar-refractivity contribution in [2.24, 2.45) is 5.10 Å². The Morgan fingerprint density at radius 1 is 0.941 bits per heavy atom. The highest BCUT2D eigenvalue weighted by Gasteiger charge is 2.15. The first-order valence-corrected chi connectivity index (χ1v) is 9.71. The summed E-state index contributed by atoms with van der Waals surface area (Å²) in [4.78, 5) is 46.2. The minimum absolute atomic E-state index is 0.135. The number of hydrogen-bond donors (Lipinski definition) is 2. The second-order valence-corrected chi connectivity index (χ2v) is 6.62. The molecule has 0 atom stereocenters. The van der Waals surface area contributed by atoms with Gasteiger partial charge in [-0.25, -0.2) is 10.2 Å². The third-order valence-electron chi connectivity index (χ3n) is 4.35. The second kappa shape index (κ2) is 11.0. The van der Waals surface area contributed by atoms with Crippen LogP contribution < -0.4 is 20.2 Å². The number of nitro benzene ring substituents is 1. The zero-order chi connectivity index (χ0) is 24.5. The molecule has 3 rings (SSSR count). The molecule has 0 unspecified atom stereocenters. The number of carbonyl (C=O) groups excluding carboxylic acids is 3. The van der Waals surface area contributed by atoms with Gasteiger partial charge in [0.2, 0.25) is 0 Å². The fourth-order valence-electron chi connectivity index (χ4n) is 2.65. The van der Waals surface area contributed by atoms with Crippen LogP contribution in [-0.4, -0.2) is 36.0 Å². The Morgan fingerprint density at radius 3 is 2.26 bits per heavy atom. The fourth-order valence-corrected chi connectivity index (χ4v) is 2.65. The molecule has 0 fully saturated rings. The first-order chi connectivity index (χ1) is 16.4. The Morgan fingerprint density at radius 2 is 1.62 bits per heavy atom. The van der Waals surface area contributed by atoms with Crippen LogP contribution in [0.5, 0.6) is 11.5 Å². The Labute approximate surface area is 193 Å². The number of methoxy groups -OCH3 is 1. The molecule has 11 nitrogen and oxygen atoms in total. The first-order valence-electron chi connectivity index (χ1n) is 9.71. The van der Waals surface area contributed by atoms with E-state index >= 15 is 0 Å². The Bertz CT molecular complexity index is 1240. The van der Waals surface area contributed by atoms with Crippen LogP contribution in [0.15, 0.2) is 77.9 Å². The number of hydrogen-bond acceptors (Lipinski definition) is 8. The van der Waals surface area contributed by atoms with Crippen molar-refractivity contribution in [2.45, 2.75) is 0 Å². The maximum Gasteiger partial charge on any atom is 0.343 e. The number of hydrazone groups is 1. The lowest BCUT2D eigenvalue weighted by molar-refractivity contribution is -0.384. The summed E-state index contributed by atoms with van der Waals surface area (Å²) in [6, 6.07) is 17.8. The number of rotatable bonds is 7. The molecule has 2 amide bonds. The van der Waals surface area contributed by atoms with Crippen LogP contribution in [0.3, 0.4) is 0 Å². The van der Waals surface area contributed by atoms with Crippen LogP contribution >= 0.6 is 0 Å². The van der Waals surface area contributed by atoms with Gasteiger partial charge in [-0.3, -0.25) is 19.7 Å². The number of benzene rings is 3. The van der Waals surface area contributed by atoms with E-state index < -0.39 is 22.7 Å². The summed E-state index contributed by atoms with van der Waals surface area (Å²) in [7, 11) is 1.44. The van der Waals surface area contributed by atoms with Gasteiger partial charge in [0, 0.05) is 12.1 Å². The minimum atomic E-state index is -0.976. The second-order valence-electron chi connectivity index (χ2n) is 6.62. The van der Waals surface area contributed by atoms with Gasteiger partial charge in [-0.1, -0.05) is 12.1 Å². The maximum absolute atomic E-state index is 12.2. The maximum atomic E-state index is 12.2.